The molecule has 3 N–H and O–H groups in total. The molecular weight excluding hydrogens is 285 g/mol. The van der Waals surface area contributed by atoms with E-state index in [2.05, 4.69) is 10.1 Å². The Hall–Kier alpha value is -1.47. The van der Waals surface area contributed by atoms with E-state index in [9.17, 15) is 18.0 Å². The lowest BCUT2D eigenvalue weighted by molar-refractivity contribution is -0.153. The zero-order valence-corrected chi connectivity index (χ0v) is 10.7. The van der Waals surface area contributed by atoms with Crippen LogP contribution in [0.4, 0.5) is 18.9 Å². The fourth-order valence-corrected chi connectivity index (χ4v) is 1.29. The Morgan fingerprint density at radius 1 is 1.53 bits per heavy atom. The predicted molar refractivity (Wildman–Crippen MR) is 65.3 cm³/mol. The molecule has 19 heavy (non-hydrogen) atoms. The molecule has 0 bridgehead atoms. The van der Waals surface area contributed by atoms with E-state index >= 15 is 0 Å². The highest BCUT2D eigenvalue weighted by Crippen LogP contribution is 2.29. The lowest BCUT2D eigenvalue weighted by Crippen LogP contribution is -2.32. The summed E-state index contributed by atoms with van der Waals surface area (Å²) in [6, 6.07) is 3.14. The smallest absolute Gasteiger partial charge is 0.422 e. The molecule has 4 nitrogen and oxygen atoms in total. The molecule has 0 aromatic heterocycles. The average Bonchev–Trinajstić information content (AvgIpc) is 2.28. The first-order valence-electron chi connectivity index (χ1n) is 5.24. The van der Waals surface area contributed by atoms with Crippen molar-refractivity contribution in [2.75, 3.05) is 11.9 Å². The summed E-state index contributed by atoms with van der Waals surface area (Å²) in [6.45, 7) is -0.0319. The average molecular weight is 297 g/mol. The number of ether oxygens (including phenoxy) is 1. The van der Waals surface area contributed by atoms with Crippen LogP contribution in [0.25, 0.3) is 0 Å². The molecule has 0 saturated carbocycles. The van der Waals surface area contributed by atoms with Gasteiger partial charge in [-0.3, -0.25) is 4.79 Å². The minimum atomic E-state index is -4.48. The molecule has 0 radical (unpaired) electrons. The Morgan fingerprint density at radius 2 is 2.16 bits per heavy atom. The van der Waals surface area contributed by atoms with Crippen LogP contribution in [-0.4, -0.2) is 24.7 Å². The normalized spacial score (nSPS) is 12.9. The number of carbonyl (C=O) groups excluding carboxylic acids is 1. The van der Waals surface area contributed by atoms with Gasteiger partial charge in [-0.05, 0) is 19.1 Å². The second-order valence-electron chi connectivity index (χ2n) is 3.82. The van der Waals surface area contributed by atoms with Gasteiger partial charge in [0, 0.05) is 11.1 Å². The maximum atomic E-state index is 12.1. The molecule has 1 rings (SSSR count). The van der Waals surface area contributed by atoms with Gasteiger partial charge in [-0.15, -0.1) is 0 Å². The first-order chi connectivity index (χ1) is 8.69. The molecule has 0 saturated heterocycles. The molecule has 0 fully saturated rings. The van der Waals surface area contributed by atoms with Gasteiger partial charge in [0.05, 0.1) is 11.7 Å². The van der Waals surface area contributed by atoms with Gasteiger partial charge in [-0.25, -0.2) is 0 Å². The number of anilines is 1. The van der Waals surface area contributed by atoms with E-state index in [1.807, 2.05) is 0 Å². The zero-order valence-electron chi connectivity index (χ0n) is 9.92. The first kappa shape index (κ1) is 15.6. The van der Waals surface area contributed by atoms with Gasteiger partial charge in [0.2, 0.25) is 5.91 Å². The molecule has 0 aliphatic rings. The van der Waals surface area contributed by atoms with Gasteiger partial charge in [0.25, 0.3) is 0 Å². The van der Waals surface area contributed by atoms with Crippen LogP contribution >= 0.6 is 11.6 Å². The number of hydrogen-bond donors (Lipinski definition) is 2. The topological polar surface area (TPSA) is 64.4 Å². The molecule has 1 aromatic rings. The number of benzene rings is 1. The third-order valence-electron chi connectivity index (χ3n) is 2.01. The fourth-order valence-electron chi connectivity index (χ4n) is 1.13. The summed E-state index contributed by atoms with van der Waals surface area (Å²) in [5, 5.41) is 2.55. The van der Waals surface area contributed by atoms with Crippen LogP contribution in [0.2, 0.25) is 5.02 Å². The number of halogens is 4. The summed E-state index contributed by atoms with van der Waals surface area (Å²) in [6.07, 6.45) is -4.48. The van der Waals surface area contributed by atoms with E-state index in [0.717, 1.165) is 0 Å². The van der Waals surface area contributed by atoms with Crippen LogP contribution in [-0.2, 0) is 4.79 Å². The summed E-state index contributed by atoms with van der Waals surface area (Å²) in [5.74, 6) is -0.710. The molecule has 8 heteroatoms. The predicted octanol–water partition coefficient (Wildman–Crippen LogP) is 2.57. The van der Waals surface area contributed by atoms with Gasteiger partial charge >= 0.3 is 6.18 Å². The van der Waals surface area contributed by atoms with Crippen molar-refractivity contribution in [2.24, 2.45) is 5.73 Å². The van der Waals surface area contributed by atoms with E-state index in [0.29, 0.717) is 0 Å². The summed E-state index contributed by atoms with van der Waals surface area (Å²) in [5.41, 5.74) is 5.43. The van der Waals surface area contributed by atoms with Crippen LogP contribution < -0.4 is 15.8 Å². The van der Waals surface area contributed by atoms with Crippen LogP contribution in [0.1, 0.15) is 6.92 Å². The first-order valence-corrected chi connectivity index (χ1v) is 5.62. The molecule has 0 aliphatic heterocycles. The van der Waals surface area contributed by atoms with E-state index in [1.165, 1.54) is 25.1 Å². The molecule has 1 aromatic carbocycles. The number of carbonyl (C=O) groups is 1. The van der Waals surface area contributed by atoms with Crippen LogP contribution in [0, 0.1) is 0 Å². The van der Waals surface area contributed by atoms with Crippen molar-refractivity contribution in [2.45, 2.75) is 19.1 Å². The second kappa shape index (κ2) is 6.12. The minimum Gasteiger partial charge on any atom is -0.482 e. The molecule has 0 spiro atoms. The number of nitrogens with two attached hydrogens (primary N) is 1. The molecule has 1 atom stereocenters. The van der Waals surface area contributed by atoms with Crippen molar-refractivity contribution in [1.82, 2.24) is 0 Å². The third kappa shape index (κ3) is 5.35. The Labute approximate surface area is 112 Å². The lowest BCUT2D eigenvalue weighted by atomic mass is 10.2. The van der Waals surface area contributed by atoms with Gasteiger partial charge in [-0.2, -0.15) is 13.2 Å². The maximum absolute atomic E-state index is 12.1. The number of nitrogens with one attached hydrogen (secondary N) is 1. The van der Waals surface area contributed by atoms with Gasteiger partial charge in [0.1, 0.15) is 5.75 Å². The van der Waals surface area contributed by atoms with Crippen LogP contribution in [0.15, 0.2) is 18.2 Å². The van der Waals surface area contributed by atoms with Crippen LogP contribution in [0.3, 0.4) is 0 Å². The standard InChI is InChI=1S/C11H12ClF3N2O2/c1-6(16)10(18)17-8-3-2-7(12)4-9(8)19-5-11(13,14)15/h2-4,6H,5,16H2,1H3,(H,17,18)/t6-/m0/s1. The molecule has 1 amide bonds. The molecule has 106 valence electrons. The summed E-state index contributed by atoms with van der Waals surface area (Å²) < 4.78 is 40.9. The largest absolute Gasteiger partial charge is 0.482 e. The highest BCUT2D eigenvalue weighted by Gasteiger charge is 2.29. The molecule has 0 aliphatic carbocycles. The SMILES string of the molecule is C[C@H](N)C(=O)Nc1ccc(Cl)cc1OCC(F)(F)F. The van der Waals surface area contributed by atoms with Crippen molar-refractivity contribution in [1.29, 1.82) is 0 Å². The van der Waals surface area contributed by atoms with Gasteiger partial charge < -0.3 is 15.8 Å². The Balaban J connectivity index is 2.88. The van der Waals surface area contributed by atoms with Crippen LogP contribution in [0.5, 0.6) is 5.75 Å². The van der Waals surface area contributed by atoms with E-state index < -0.39 is 24.7 Å². The van der Waals surface area contributed by atoms with Gasteiger partial charge in [-0.1, -0.05) is 11.6 Å². The highest BCUT2D eigenvalue weighted by atomic mass is 35.5. The Morgan fingerprint density at radius 3 is 2.68 bits per heavy atom. The monoisotopic (exact) mass is 296 g/mol. The van der Waals surface area contributed by atoms with E-state index in [4.69, 9.17) is 17.3 Å². The number of alkyl halides is 3. The molecule has 0 heterocycles. The summed E-state index contributed by atoms with van der Waals surface area (Å²) in [7, 11) is 0. The highest BCUT2D eigenvalue weighted by molar-refractivity contribution is 6.30. The lowest BCUT2D eigenvalue weighted by Gasteiger charge is -2.15. The Kier molecular flexibility index (Phi) is 5.02. The number of hydrogen-bond acceptors (Lipinski definition) is 3. The fraction of sp³-hybridized carbons (Fsp3) is 0.364. The summed E-state index contributed by atoms with van der Waals surface area (Å²) in [4.78, 5) is 11.4. The second-order valence-corrected chi connectivity index (χ2v) is 4.26. The van der Waals surface area contributed by atoms with Crippen molar-refractivity contribution >= 4 is 23.2 Å². The number of amides is 1. The van der Waals surface area contributed by atoms with Crippen molar-refractivity contribution in [3.05, 3.63) is 23.2 Å². The minimum absolute atomic E-state index is 0.0796. The molecule has 0 unspecified atom stereocenters. The van der Waals surface area contributed by atoms with Crippen molar-refractivity contribution in [3.8, 4) is 5.75 Å². The third-order valence-corrected chi connectivity index (χ3v) is 2.24. The summed E-state index contributed by atoms with van der Waals surface area (Å²) >= 11 is 5.67. The van der Waals surface area contributed by atoms with Gasteiger partial charge in [0.15, 0.2) is 6.61 Å². The van der Waals surface area contributed by atoms with E-state index in [1.54, 1.807) is 0 Å². The Bertz CT molecular complexity index is 464. The van der Waals surface area contributed by atoms with Crippen molar-refractivity contribution in [3.63, 3.8) is 0 Å². The number of rotatable bonds is 4. The quantitative estimate of drug-likeness (QED) is 0.897. The van der Waals surface area contributed by atoms with E-state index in [-0.39, 0.29) is 16.5 Å². The maximum Gasteiger partial charge on any atom is 0.422 e. The van der Waals surface area contributed by atoms with Crippen molar-refractivity contribution < 1.29 is 22.7 Å². The molecular formula is C11H12ClF3N2O2. The zero-order chi connectivity index (χ0) is 14.6.